The summed E-state index contributed by atoms with van der Waals surface area (Å²) in [6.07, 6.45) is 7.94. The maximum Gasteiger partial charge on any atom is 0.125 e. The molecular weight excluding hydrogens is 400 g/mol. The molecule has 0 fully saturated rings. The summed E-state index contributed by atoms with van der Waals surface area (Å²) in [7, 11) is 0. The van der Waals surface area contributed by atoms with Crippen molar-refractivity contribution in [2.75, 3.05) is 13.2 Å². The maximum atomic E-state index is 10.1. The standard InChI is InChI=1S/C28H38O4/c1-7-9-10-11-26(30)18-32-28-21(5)14-24(15-22(28)6)16-23-12-19(3)27(20(4)13-23)31-17-25(29)8-2/h1,12-15,25-26,29-30H,8-11,16-18H2,2-6H3. The monoisotopic (exact) mass is 438 g/mol. The van der Waals surface area contributed by atoms with E-state index in [1.807, 2.05) is 34.6 Å². The minimum Gasteiger partial charge on any atom is -0.490 e. The van der Waals surface area contributed by atoms with Crippen LogP contribution in [0.25, 0.3) is 0 Å². The third-order valence-corrected chi connectivity index (χ3v) is 5.62. The first-order valence-corrected chi connectivity index (χ1v) is 11.5. The molecule has 2 aromatic rings. The van der Waals surface area contributed by atoms with Crippen molar-refractivity contribution >= 4 is 0 Å². The lowest BCUT2D eigenvalue weighted by atomic mass is 9.97. The smallest absolute Gasteiger partial charge is 0.125 e. The van der Waals surface area contributed by atoms with Crippen molar-refractivity contribution in [3.63, 3.8) is 0 Å². The van der Waals surface area contributed by atoms with Gasteiger partial charge in [0.15, 0.2) is 0 Å². The lowest BCUT2D eigenvalue weighted by molar-refractivity contribution is 0.0978. The van der Waals surface area contributed by atoms with Gasteiger partial charge in [0.2, 0.25) is 0 Å². The highest BCUT2D eigenvalue weighted by atomic mass is 16.5. The van der Waals surface area contributed by atoms with Crippen LogP contribution in [0, 0.1) is 40.0 Å². The summed E-state index contributed by atoms with van der Waals surface area (Å²) >= 11 is 0. The van der Waals surface area contributed by atoms with E-state index in [9.17, 15) is 10.2 Å². The number of aliphatic hydroxyl groups is 2. The maximum absolute atomic E-state index is 10.1. The summed E-state index contributed by atoms with van der Waals surface area (Å²) in [6, 6.07) is 8.62. The predicted octanol–water partition coefficient (Wildman–Crippen LogP) is 5.20. The van der Waals surface area contributed by atoms with Gasteiger partial charge in [-0.2, -0.15) is 0 Å². The summed E-state index contributed by atoms with van der Waals surface area (Å²) in [4.78, 5) is 0. The van der Waals surface area contributed by atoms with E-state index >= 15 is 0 Å². The van der Waals surface area contributed by atoms with Gasteiger partial charge in [-0.3, -0.25) is 0 Å². The number of hydrogen-bond donors (Lipinski definition) is 2. The molecule has 4 nitrogen and oxygen atoms in total. The first-order chi connectivity index (χ1) is 15.2. The molecule has 2 aromatic carbocycles. The van der Waals surface area contributed by atoms with Gasteiger partial charge in [-0.05, 0) is 86.8 Å². The quantitative estimate of drug-likeness (QED) is 0.353. The molecule has 2 rings (SSSR count). The number of benzene rings is 2. The Balaban J connectivity index is 2.06. The summed E-state index contributed by atoms with van der Waals surface area (Å²) in [5, 5.41) is 19.9. The summed E-state index contributed by atoms with van der Waals surface area (Å²) in [6.45, 7) is 10.7. The predicted molar refractivity (Wildman–Crippen MR) is 131 cm³/mol. The second-order valence-electron chi connectivity index (χ2n) is 8.73. The van der Waals surface area contributed by atoms with E-state index in [4.69, 9.17) is 15.9 Å². The zero-order chi connectivity index (χ0) is 23.7. The lowest BCUT2D eigenvalue weighted by Crippen LogP contribution is -2.18. The van der Waals surface area contributed by atoms with Crippen molar-refractivity contribution < 1.29 is 19.7 Å². The number of aryl methyl sites for hydroxylation is 4. The Labute approximate surface area is 193 Å². The minimum absolute atomic E-state index is 0.276. The van der Waals surface area contributed by atoms with Crippen molar-refractivity contribution in [3.8, 4) is 23.8 Å². The van der Waals surface area contributed by atoms with E-state index < -0.39 is 12.2 Å². The molecule has 0 aliphatic rings. The SMILES string of the molecule is C#CCCCC(O)COc1c(C)cc(Cc2cc(C)c(OCC(O)CC)c(C)c2)cc1C. The van der Waals surface area contributed by atoms with Gasteiger partial charge in [0.05, 0.1) is 12.2 Å². The van der Waals surface area contributed by atoms with E-state index in [1.54, 1.807) is 0 Å². The number of rotatable bonds is 12. The Kier molecular flexibility index (Phi) is 10.1. The molecule has 0 heterocycles. The molecule has 0 aliphatic carbocycles. The zero-order valence-electron chi connectivity index (χ0n) is 20.2. The van der Waals surface area contributed by atoms with Crippen LogP contribution >= 0.6 is 0 Å². The Morgan fingerprint density at radius 2 is 1.25 bits per heavy atom. The molecule has 4 heteroatoms. The Morgan fingerprint density at radius 3 is 1.66 bits per heavy atom. The molecule has 0 aliphatic heterocycles. The molecule has 2 N–H and O–H groups in total. The number of unbranched alkanes of at least 4 members (excludes halogenated alkanes) is 1. The van der Waals surface area contributed by atoms with Gasteiger partial charge in [-0.15, -0.1) is 12.3 Å². The number of ether oxygens (including phenoxy) is 2. The fourth-order valence-electron chi connectivity index (χ4n) is 3.98. The van der Waals surface area contributed by atoms with Crippen molar-refractivity contribution in [3.05, 3.63) is 57.6 Å². The van der Waals surface area contributed by atoms with E-state index in [0.29, 0.717) is 25.9 Å². The number of terminal acetylenes is 1. The van der Waals surface area contributed by atoms with Crippen molar-refractivity contribution in [2.45, 2.75) is 78.9 Å². The van der Waals surface area contributed by atoms with E-state index in [-0.39, 0.29) is 6.61 Å². The lowest BCUT2D eigenvalue weighted by Gasteiger charge is -2.18. The first-order valence-electron chi connectivity index (χ1n) is 11.5. The topological polar surface area (TPSA) is 58.9 Å². The van der Waals surface area contributed by atoms with Gasteiger partial charge in [-0.25, -0.2) is 0 Å². The Bertz CT molecular complexity index is 880. The highest BCUT2D eigenvalue weighted by molar-refractivity contribution is 5.47. The minimum atomic E-state index is -0.507. The average Bonchev–Trinajstić information content (AvgIpc) is 2.72. The second-order valence-corrected chi connectivity index (χ2v) is 8.73. The van der Waals surface area contributed by atoms with E-state index in [2.05, 4.69) is 30.2 Å². The van der Waals surface area contributed by atoms with Crippen molar-refractivity contribution in [1.82, 2.24) is 0 Å². The number of hydrogen-bond acceptors (Lipinski definition) is 4. The Morgan fingerprint density at radius 1 is 0.812 bits per heavy atom. The fraction of sp³-hybridized carbons (Fsp3) is 0.500. The van der Waals surface area contributed by atoms with Gasteiger partial charge in [-0.1, -0.05) is 31.2 Å². The van der Waals surface area contributed by atoms with Crippen LogP contribution in [0.3, 0.4) is 0 Å². The third-order valence-electron chi connectivity index (χ3n) is 5.62. The molecule has 0 bridgehead atoms. The molecule has 0 aromatic heterocycles. The molecule has 174 valence electrons. The van der Waals surface area contributed by atoms with Gasteiger partial charge in [0.25, 0.3) is 0 Å². The van der Waals surface area contributed by atoms with Crippen LogP contribution in [0.4, 0.5) is 0 Å². The summed E-state index contributed by atoms with van der Waals surface area (Å²) < 4.78 is 11.8. The van der Waals surface area contributed by atoms with E-state index in [1.165, 1.54) is 11.1 Å². The van der Waals surface area contributed by atoms with Crippen LogP contribution in [-0.2, 0) is 6.42 Å². The van der Waals surface area contributed by atoms with Crippen molar-refractivity contribution in [2.24, 2.45) is 0 Å². The summed E-state index contributed by atoms with van der Waals surface area (Å²) in [5.41, 5.74) is 6.73. The average molecular weight is 439 g/mol. The normalized spacial score (nSPS) is 12.8. The van der Waals surface area contributed by atoms with Crippen LogP contribution in [0.2, 0.25) is 0 Å². The zero-order valence-corrected chi connectivity index (χ0v) is 20.2. The van der Waals surface area contributed by atoms with Gasteiger partial charge >= 0.3 is 0 Å². The van der Waals surface area contributed by atoms with Crippen molar-refractivity contribution in [1.29, 1.82) is 0 Å². The molecule has 2 unspecified atom stereocenters. The largest absolute Gasteiger partial charge is 0.490 e. The molecule has 32 heavy (non-hydrogen) atoms. The highest BCUT2D eigenvalue weighted by Crippen LogP contribution is 2.29. The molecule has 0 saturated heterocycles. The molecule has 2 atom stereocenters. The van der Waals surface area contributed by atoms with Crippen LogP contribution in [0.15, 0.2) is 24.3 Å². The first kappa shape index (κ1) is 25.8. The second kappa shape index (κ2) is 12.5. The fourth-order valence-corrected chi connectivity index (χ4v) is 3.98. The van der Waals surface area contributed by atoms with Crippen LogP contribution in [0.1, 0.15) is 66.0 Å². The van der Waals surface area contributed by atoms with Crippen LogP contribution in [0.5, 0.6) is 11.5 Å². The van der Waals surface area contributed by atoms with E-state index in [0.717, 1.165) is 46.6 Å². The number of aliphatic hydroxyl groups excluding tert-OH is 2. The molecule has 0 saturated carbocycles. The van der Waals surface area contributed by atoms with Crippen LogP contribution in [-0.4, -0.2) is 35.6 Å². The van der Waals surface area contributed by atoms with Crippen LogP contribution < -0.4 is 9.47 Å². The molecule has 0 radical (unpaired) electrons. The molecular formula is C28H38O4. The third kappa shape index (κ3) is 7.58. The molecule has 0 spiro atoms. The molecule has 0 amide bonds. The summed E-state index contributed by atoms with van der Waals surface area (Å²) in [5.74, 6) is 4.30. The Hall–Kier alpha value is -2.48. The van der Waals surface area contributed by atoms with Gasteiger partial charge in [0, 0.05) is 6.42 Å². The van der Waals surface area contributed by atoms with Gasteiger partial charge in [0.1, 0.15) is 24.7 Å². The highest BCUT2D eigenvalue weighted by Gasteiger charge is 2.13. The van der Waals surface area contributed by atoms with Gasteiger partial charge < -0.3 is 19.7 Å².